The number of hydrogen-bond acceptors (Lipinski definition) is 4. The average molecular weight is 269 g/mol. The zero-order valence-corrected chi connectivity index (χ0v) is 11.1. The molecule has 0 unspecified atom stereocenters. The molecule has 1 amide bonds. The molecule has 102 valence electrons. The van der Waals surface area contributed by atoms with E-state index in [1.54, 1.807) is 0 Å². The molecule has 0 aliphatic heterocycles. The minimum absolute atomic E-state index is 0.0964. The SMILES string of the molecule is CC(/C=C/c1ccccc1)=NNC(=O)Cn1cncn1. The number of hydrogen-bond donors (Lipinski definition) is 1. The van der Waals surface area contributed by atoms with Crippen LogP contribution in [0.5, 0.6) is 0 Å². The van der Waals surface area contributed by atoms with E-state index >= 15 is 0 Å². The number of aromatic nitrogens is 3. The zero-order valence-electron chi connectivity index (χ0n) is 11.1. The monoisotopic (exact) mass is 269 g/mol. The van der Waals surface area contributed by atoms with E-state index < -0.39 is 0 Å². The summed E-state index contributed by atoms with van der Waals surface area (Å²) in [6.07, 6.45) is 6.63. The van der Waals surface area contributed by atoms with Crippen molar-refractivity contribution in [2.24, 2.45) is 5.10 Å². The average Bonchev–Trinajstić information content (AvgIpc) is 2.97. The number of benzene rings is 1. The van der Waals surface area contributed by atoms with Gasteiger partial charge in [-0.05, 0) is 18.6 Å². The summed E-state index contributed by atoms with van der Waals surface area (Å²) >= 11 is 0. The van der Waals surface area contributed by atoms with Crippen molar-refractivity contribution in [3.63, 3.8) is 0 Å². The van der Waals surface area contributed by atoms with Gasteiger partial charge in [-0.1, -0.05) is 36.4 Å². The first-order valence-electron chi connectivity index (χ1n) is 6.13. The molecule has 0 atom stereocenters. The highest BCUT2D eigenvalue weighted by Crippen LogP contribution is 2.00. The van der Waals surface area contributed by atoms with Gasteiger partial charge in [-0.3, -0.25) is 4.79 Å². The highest BCUT2D eigenvalue weighted by Gasteiger charge is 2.01. The molecular weight excluding hydrogens is 254 g/mol. The number of carbonyl (C=O) groups excluding carboxylic acids is 1. The number of rotatable bonds is 5. The van der Waals surface area contributed by atoms with Gasteiger partial charge in [0.15, 0.2) is 0 Å². The van der Waals surface area contributed by atoms with Crippen LogP contribution in [0.2, 0.25) is 0 Å². The fourth-order valence-electron chi connectivity index (χ4n) is 1.47. The largest absolute Gasteiger partial charge is 0.271 e. The van der Waals surface area contributed by atoms with Gasteiger partial charge in [0, 0.05) is 0 Å². The molecule has 6 nitrogen and oxygen atoms in total. The fourth-order valence-corrected chi connectivity index (χ4v) is 1.47. The van der Waals surface area contributed by atoms with Gasteiger partial charge in [-0.2, -0.15) is 10.2 Å². The van der Waals surface area contributed by atoms with E-state index in [0.717, 1.165) is 5.56 Å². The normalized spacial score (nSPS) is 11.8. The van der Waals surface area contributed by atoms with Crippen LogP contribution < -0.4 is 5.43 Å². The van der Waals surface area contributed by atoms with Gasteiger partial charge in [0.1, 0.15) is 19.2 Å². The van der Waals surface area contributed by atoms with Crippen LogP contribution in [0.15, 0.2) is 54.2 Å². The third kappa shape index (κ3) is 4.49. The van der Waals surface area contributed by atoms with Crippen molar-refractivity contribution in [3.05, 3.63) is 54.6 Å². The van der Waals surface area contributed by atoms with Gasteiger partial charge in [0.25, 0.3) is 5.91 Å². The van der Waals surface area contributed by atoms with E-state index in [1.165, 1.54) is 17.3 Å². The van der Waals surface area contributed by atoms with Crippen LogP contribution in [0.4, 0.5) is 0 Å². The minimum atomic E-state index is -0.247. The van der Waals surface area contributed by atoms with Crippen LogP contribution in [0.1, 0.15) is 12.5 Å². The Balaban J connectivity index is 1.84. The van der Waals surface area contributed by atoms with Crippen LogP contribution in [0.25, 0.3) is 6.08 Å². The quantitative estimate of drug-likeness (QED) is 0.660. The first-order chi connectivity index (χ1) is 9.74. The van der Waals surface area contributed by atoms with E-state index in [9.17, 15) is 4.79 Å². The maximum absolute atomic E-state index is 11.6. The Bertz CT molecular complexity index is 602. The van der Waals surface area contributed by atoms with Gasteiger partial charge in [0.2, 0.25) is 0 Å². The Morgan fingerprint density at radius 3 is 2.90 bits per heavy atom. The Morgan fingerprint density at radius 2 is 2.20 bits per heavy atom. The molecule has 0 spiro atoms. The first kappa shape index (κ1) is 13.7. The van der Waals surface area contributed by atoms with Crippen molar-refractivity contribution in [1.29, 1.82) is 0 Å². The predicted octanol–water partition coefficient (Wildman–Crippen LogP) is 1.48. The summed E-state index contributed by atoms with van der Waals surface area (Å²) in [5.41, 5.74) is 4.25. The lowest BCUT2D eigenvalue weighted by molar-refractivity contribution is -0.121. The molecule has 1 N–H and O–H groups in total. The third-order valence-corrected chi connectivity index (χ3v) is 2.45. The lowest BCUT2D eigenvalue weighted by atomic mass is 10.2. The fraction of sp³-hybridized carbons (Fsp3) is 0.143. The van der Waals surface area contributed by atoms with E-state index in [2.05, 4.69) is 20.6 Å². The van der Waals surface area contributed by atoms with Crippen molar-refractivity contribution < 1.29 is 4.79 Å². The number of carbonyl (C=O) groups is 1. The minimum Gasteiger partial charge on any atom is -0.271 e. The summed E-state index contributed by atoms with van der Waals surface area (Å²) in [5, 5.41) is 7.83. The number of amides is 1. The van der Waals surface area contributed by atoms with Crippen LogP contribution in [-0.2, 0) is 11.3 Å². The molecule has 0 saturated heterocycles. The van der Waals surface area contributed by atoms with Crippen molar-refractivity contribution in [2.45, 2.75) is 13.5 Å². The first-order valence-corrected chi connectivity index (χ1v) is 6.13. The number of allylic oxidation sites excluding steroid dienone is 1. The Kier molecular flexibility index (Phi) is 4.77. The maximum Gasteiger partial charge on any atom is 0.261 e. The second-order valence-corrected chi connectivity index (χ2v) is 4.13. The highest BCUT2D eigenvalue weighted by molar-refractivity contribution is 5.96. The second kappa shape index (κ2) is 6.98. The lowest BCUT2D eigenvalue weighted by Gasteiger charge is -2.00. The Morgan fingerprint density at radius 1 is 1.40 bits per heavy atom. The number of nitrogens with one attached hydrogen (secondary N) is 1. The zero-order chi connectivity index (χ0) is 14.2. The molecule has 2 aromatic rings. The molecule has 0 aliphatic rings. The summed E-state index contributed by atoms with van der Waals surface area (Å²) in [5.74, 6) is -0.247. The van der Waals surface area contributed by atoms with Crippen LogP contribution in [-0.4, -0.2) is 26.4 Å². The maximum atomic E-state index is 11.6. The molecule has 0 aliphatic carbocycles. The number of hydrazone groups is 1. The van der Waals surface area contributed by atoms with E-state index in [0.29, 0.717) is 5.71 Å². The van der Waals surface area contributed by atoms with Crippen molar-refractivity contribution in [1.82, 2.24) is 20.2 Å². The molecule has 0 saturated carbocycles. The van der Waals surface area contributed by atoms with E-state index in [-0.39, 0.29) is 12.5 Å². The van der Waals surface area contributed by atoms with E-state index in [4.69, 9.17) is 0 Å². The Hall–Kier alpha value is -2.76. The smallest absolute Gasteiger partial charge is 0.261 e. The summed E-state index contributed by atoms with van der Waals surface area (Å²) in [7, 11) is 0. The number of nitrogens with zero attached hydrogens (tertiary/aromatic N) is 4. The summed E-state index contributed by atoms with van der Waals surface area (Å²) in [6.45, 7) is 1.91. The molecular formula is C14H15N5O. The molecule has 1 heterocycles. The van der Waals surface area contributed by atoms with Gasteiger partial charge in [-0.25, -0.2) is 15.1 Å². The standard InChI is InChI=1S/C14H15N5O/c1-12(7-8-13-5-3-2-4-6-13)17-18-14(20)9-19-11-15-10-16-19/h2-8,10-11H,9H2,1H3,(H,18,20)/b8-7+,17-12?. The van der Waals surface area contributed by atoms with Crippen LogP contribution >= 0.6 is 0 Å². The molecule has 1 aromatic carbocycles. The molecule has 0 radical (unpaired) electrons. The van der Waals surface area contributed by atoms with Gasteiger partial charge in [0.05, 0.1) is 5.71 Å². The Labute approximate surface area is 116 Å². The predicted molar refractivity (Wildman–Crippen MR) is 76.7 cm³/mol. The summed E-state index contributed by atoms with van der Waals surface area (Å²) < 4.78 is 1.43. The van der Waals surface area contributed by atoms with Gasteiger partial charge < -0.3 is 0 Å². The van der Waals surface area contributed by atoms with Crippen molar-refractivity contribution in [2.75, 3.05) is 0 Å². The summed E-state index contributed by atoms with van der Waals surface area (Å²) in [4.78, 5) is 15.3. The topological polar surface area (TPSA) is 72.2 Å². The molecule has 0 bridgehead atoms. The highest BCUT2D eigenvalue weighted by atomic mass is 16.2. The van der Waals surface area contributed by atoms with Crippen molar-refractivity contribution >= 4 is 17.7 Å². The molecule has 1 aromatic heterocycles. The molecule has 0 fully saturated rings. The summed E-state index contributed by atoms with van der Waals surface area (Å²) in [6, 6.07) is 9.88. The van der Waals surface area contributed by atoms with E-state index in [1.807, 2.05) is 49.4 Å². The van der Waals surface area contributed by atoms with Crippen molar-refractivity contribution in [3.8, 4) is 0 Å². The van der Waals surface area contributed by atoms with Crippen LogP contribution in [0.3, 0.4) is 0 Å². The molecule has 2 rings (SSSR count). The second-order valence-electron chi connectivity index (χ2n) is 4.13. The molecule has 20 heavy (non-hydrogen) atoms. The lowest BCUT2D eigenvalue weighted by Crippen LogP contribution is -2.24. The van der Waals surface area contributed by atoms with Gasteiger partial charge >= 0.3 is 0 Å². The van der Waals surface area contributed by atoms with Gasteiger partial charge in [-0.15, -0.1) is 0 Å². The third-order valence-electron chi connectivity index (χ3n) is 2.45. The molecule has 6 heteroatoms. The van der Waals surface area contributed by atoms with Crippen LogP contribution in [0, 0.1) is 0 Å².